The molecule has 2 amide bonds. The third-order valence-electron chi connectivity index (χ3n) is 10.2. The van der Waals surface area contributed by atoms with Crippen LogP contribution in [0.2, 0.25) is 0 Å². The number of nitrogens with zero attached hydrogens (tertiary/aromatic N) is 5. The average molecular weight is 797 g/mol. The molecule has 2 N–H and O–H groups in total. The van der Waals surface area contributed by atoms with Crippen molar-refractivity contribution in [2.75, 3.05) is 38.0 Å². The summed E-state index contributed by atoms with van der Waals surface area (Å²) in [5.74, 6) is -0.465. The fourth-order valence-electron chi connectivity index (χ4n) is 7.80. The summed E-state index contributed by atoms with van der Waals surface area (Å²) in [7, 11) is 0. The van der Waals surface area contributed by atoms with Crippen molar-refractivity contribution >= 4 is 35.8 Å². The topological polar surface area (TPSA) is 147 Å². The minimum Gasteiger partial charge on any atom is -0.352 e. The Hall–Kier alpha value is -4.98. The first-order valence-corrected chi connectivity index (χ1v) is 20.8. The van der Waals surface area contributed by atoms with Gasteiger partial charge in [-0.2, -0.15) is 10.0 Å². The Morgan fingerprint density at radius 2 is 1.41 bits per heavy atom. The van der Waals surface area contributed by atoms with Crippen molar-refractivity contribution in [2.45, 2.75) is 37.3 Å². The van der Waals surface area contributed by atoms with E-state index in [1.54, 1.807) is 47.5 Å². The first-order valence-electron chi connectivity index (χ1n) is 18.3. The number of hydroxylamine groups is 2. The monoisotopic (exact) mass is 796 g/mol. The molecule has 3 heterocycles. The van der Waals surface area contributed by atoms with Crippen LogP contribution in [-0.4, -0.2) is 86.0 Å². The number of ether oxygens (including phenoxy) is 1. The van der Waals surface area contributed by atoms with Gasteiger partial charge in [0.25, 0.3) is 5.91 Å². The Morgan fingerprint density at radius 3 is 1.93 bits per heavy atom. The molecule has 2 fully saturated rings. The first-order chi connectivity index (χ1) is 27.0. The van der Waals surface area contributed by atoms with Crippen LogP contribution in [0.3, 0.4) is 0 Å². The molecule has 7 rings (SSSR count). The standard InChI is InChI=1S/C41H42ClN6O7P/c1-30(49)45-24-25-48(55-56(42,52)53)35(27-45)26-36-28-46(29-38(54-36)47-23-22-37(44-40(47)51)43-39(50)31-14-6-2-7-15-31)41(32-16-8-3-9-17-32,33-18-10-4-11-19-33)34-20-12-5-13-21-34/h2-23,35-36,38H,24-29H2,1H3,(H,52,53)(H,43,44,50,51). The van der Waals surface area contributed by atoms with Gasteiger partial charge >= 0.3 is 12.6 Å². The van der Waals surface area contributed by atoms with Gasteiger partial charge in [0.05, 0.1) is 17.7 Å². The van der Waals surface area contributed by atoms with Crippen LogP contribution in [0.4, 0.5) is 5.82 Å². The molecule has 2 aliphatic heterocycles. The van der Waals surface area contributed by atoms with Gasteiger partial charge < -0.3 is 19.8 Å². The average Bonchev–Trinajstić information content (AvgIpc) is 3.20. The number of hydrogen-bond acceptors (Lipinski definition) is 9. The first kappa shape index (κ1) is 39.3. The number of rotatable bonds is 11. The Labute approximate surface area is 329 Å². The predicted molar refractivity (Wildman–Crippen MR) is 212 cm³/mol. The molecule has 1 aromatic heterocycles. The van der Waals surface area contributed by atoms with Gasteiger partial charge in [-0.15, -0.1) is 0 Å². The van der Waals surface area contributed by atoms with E-state index in [-0.39, 0.29) is 44.3 Å². The van der Waals surface area contributed by atoms with E-state index in [0.717, 1.165) is 16.7 Å². The van der Waals surface area contributed by atoms with E-state index in [4.69, 9.17) is 20.6 Å². The van der Waals surface area contributed by atoms with Crippen molar-refractivity contribution in [1.82, 2.24) is 24.4 Å². The summed E-state index contributed by atoms with van der Waals surface area (Å²) in [6.45, 7) is -1.83. The molecular formula is C41H42ClN6O7P. The lowest BCUT2D eigenvalue weighted by atomic mass is 9.75. The molecule has 0 bridgehead atoms. The van der Waals surface area contributed by atoms with E-state index in [9.17, 15) is 23.8 Å². The zero-order valence-corrected chi connectivity index (χ0v) is 32.3. The summed E-state index contributed by atoms with van der Waals surface area (Å²) in [5.41, 5.74) is 1.83. The maximum absolute atomic E-state index is 13.9. The van der Waals surface area contributed by atoms with Crippen molar-refractivity contribution < 1.29 is 28.4 Å². The van der Waals surface area contributed by atoms with Gasteiger partial charge in [-0.25, -0.2) is 14.0 Å². The number of carbonyl (C=O) groups excluding carboxylic acids is 2. The number of piperazine rings is 1. The van der Waals surface area contributed by atoms with Crippen LogP contribution in [0.5, 0.6) is 0 Å². The second-order valence-corrected chi connectivity index (χ2v) is 16.1. The number of aromatic nitrogens is 2. The molecule has 0 aliphatic carbocycles. The zero-order valence-electron chi connectivity index (χ0n) is 30.6. The van der Waals surface area contributed by atoms with E-state index in [2.05, 4.69) is 51.6 Å². The van der Waals surface area contributed by atoms with Crippen molar-refractivity contribution in [2.24, 2.45) is 0 Å². The SMILES string of the molecule is CC(=O)N1CCN(OP(=O)(O)Cl)C(CC2CN(C(c3ccccc3)(c3ccccc3)c3ccccc3)CC(n3ccc(NC(=O)c4ccccc4)nc3=O)O2)C1. The highest BCUT2D eigenvalue weighted by Gasteiger charge is 2.47. The second-order valence-electron chi connectivity index (χ2n) is 13.8. The molecular weight excluding hydrogens is 755 g/mol. The highest BCUT2D eigenvalue weighted by molar-refractivity contribution is 7.80. The van der Waals surface area contributed by atoms with E-state index < -0.39 is 42.5 Å². The van der Waals surface area contributed by atoms with Gasteiger partial charge in [0.2, 0.25) is 5.91 Å². The van der Waals surface area contributed by atoms with Crippen LogP contribution >= 0.6 is 18.2 Å². The van der Waals surface area contributed by atoms with Crippen molar-refractivity contribution in [3.8, 4) is 0 Å². The molecule has 0 saturated carbocycles. The Bertz CT molecular complexity index is 2130. The minimum atomic E-state index is -4.47. The van der Waals surface area contributed by atoms with Crippen LogP contribution < -0.4 is 11.0 Å². The zero-order chi connectivity index (χ0) is 39.3. The molecule has 5 aromatic rings. The minimum absolute atomic E-state index is 0.0883. The number of carbonyl (C=O) groups is 2. The molecule has 4 unspecified atom stereocenters. The summed E-state index contributed by atoms with van der Waals surface area (Å²) < 4.78 is 25.9. The smallest absolute Gasteiger partial charge is 0.352 e. The Kier molecular flexibility index (Phi) is 11.9. The fraction of sp³-hybridized carbons (Fsp3) is 0.268. The van der Waals surface area contributed by atoms with Gasteiger partial charge in [0.1, 0.15) is 5.82 Å². The Balaban J connectivity index is 1.32. The lowest BCUT2D eigenvalue weighted by Crippen LogP contribution is -2.59. The van der Waals surface area contributed by atoms with E-state index >= 15 is 0 Å². The van der Waals surface area contributed by atoms with E-state index in [0.29, 0.717) is 12.1 Å². The maximum Gasteiger partial charge on any atom is 0.438 e. The lowest BCUT2D eigenvalue weighted by molar-refractivity contribution is -0.177. The van der Waals surface area contributed by atoms with Gasteiger partial charge in [-0.05, 0) is 41.3 Å². The number of nitrogens with one attached hydrogen (secondary N) is 1. The number of amides is 2. The van der Waals surface area contributed by atoms with Gasteiger partial charge in [0.15, 0.2) is 6.23 Å². The largest absolute Gasteiger partial charge is 0.438 e. The van der Waals surface area contributed by atoms with Crippen LogP contribution in [0.1, 0.15) is 46.6 Å². The summed E-state index contributed by atoms with van der Waals surface area (Å²) in [6.07, 6.45) is 0.279. The van der Waals surface area contributed by atoms with Crippen LogP contribution in [0, 0.1) is 0 Å². The highest BCUT2D eigenvalue weighted by atomic mass is 35.7. The number of hydrogen-bond donors (Lipinski definition) is 2. The summed E-state index contributed by atoms with van der Waals surface area (Å²) in [5, 5.41) is 4.07. The number of benzene rings is 4. The van der Waals surface area contributed by atoms with Gasteiger partial charge in [-0.1, -0.05) is 109 Å². The quantitative estimate of drug-likeness (QED) is 0.123. The second kappa shape index (κ2) is 17.0. The Morgan fingerprint density at radius 1 is 0.857 bits per heavy atom. The highest BCUT2D eigenvalue weighted by Crippen LogP contribution is 2.49. The van der Waals surface area contributed by atoms with E-state index in [1.165, 1.54) is 16.6 Å². The molecule has 13 nitrogen and oxygen atoms in total. The molecule has 2 aliphatic rings. The van der Waals surface area contributed by atoms with Gasteiger partial charge in [-0.3, -0.25) is 19.1 Å². The predicted octanol–water partition coefficient (Wildman–Crippen LogP) is 5.88. The molecule has 2 saturated heterocycles. The number of anilines is 1. The molecule has 290 valence electrons. The summed E-state index contributed by atoms with van der Waals surface area (Å²) in [6, 6.07) is 40.0. The normalized spacial score (nSPS) is 20.6. The summed E-state index contributed by atoms with van der Waals surface area (Å²) >= 11 is 5.72. The molecule has 56 heavy (non-hydrogen) atoms. The van der Waals surface area contributed by atoms with Crippen LogP contribution in [0.25, 0.3) is 0 Å². The molecule has 0 spiro atoms. The van der Waals surface area contributed by atoms with E-state index in [1.807, 2.05) is 54.6 Å². The number of halogens is 1. The van der Waals surface area contributed by atoms with Crippen molar-refractivity contribution in [3.05, 3.63) is 166 Å². The fourth-order valence-corrected chi connectivity index (χ4v) is 8.51. The van der Waals surface area contributed by atoms with Crippen molar-refractivity contribution in [3.63, 3.8) is 0 Å². The summed E-state index contributed by atoms with van der Waals surface area (Å²) in [4.78, 5) is 57.6. The maximum atomic E-state index is 13.9. The molecule has 15 heteroatoms. The van der Waals surface area contributed by atoms with Crippen molar-refractivity contribution in [1.29, 1.82) is 0 Å². The lowest BCUT2D eigenvalue weighted by Gasteiger charge is -2.51. The molecule has 4 aromatic carbocycles. The van der Waals surface area contributed by atoms with Gasteiger partial charge in [0, 0.05) is 62.6 Å². The third-order valence-corrected chi connectivity index (χ3v) is 10.8. The molecule has 4 atom stereocenters. The van der Waals surface area contributed by atoms with Crippen LogP contribution in [-0.2, 0) is 24.3 Å². The van der Waals surface area contributed by atoms with Crippen LogP contribution in [0.15, 0.2) is 138 Å². The molecule has 0 radical (unpaired) electrons. The number of morpholine rings is 1. The third kappa shape index (κ3) is 8.69.